The fraction of sp³-hybridized carbons (Fsp3) is 0.143. The van der Waals surface area contributed by atoms with Gasteiger partial charge < -0.3 is 10.2 Å². The molecule has 26 heavy (non-hydrogen) atoms. The van der Waals surface area contributed by atoms with Crippen molar-refractivity contribution in [2.45, 2.75) is 13.3 Å². The SMILES string of the molecule is Cc1cc(Cl)ccc1Nc1ccc(C(=O)N2CCc3ccccc32)nc1. The summed E-state index contributed by atoms with van der Waals surface area (Å²) in [5, 5.41) is 4.01. The van der Waals surface area contributed by atoms with Gasteiger partial charge in [0.2, 0.25) is 0 Å². The lowest BCUT2D eigenvalue weighted by molar-refractivity contribution is 0.0984. The molecule has 0 saturated heterocycles. The Morgan fingerprint density at radius 2 is 2.00 bits per heavy atom. The van der Waals surface area contributed by atoms with Crippen molar-refractivity contribution in [2.75, 3.05) is 16.8 Å². The molecular formula is C21H18ClN3O. The first-order valence-electron chi connectivity index (χ1n) is 8.51. The highest BCUT2D eigenvalue weighted by Crippen LogP contribution is 2.29. The number of fused-ring (bicyclic) bond motifs is 1. The van der Waals surface area contributed by atoms with E-state index in [1.807, 2.05) is 49.4 Å². The fourth-order valence-electron chi connectivity index (χ4n) is 3.20. The third kappa shape index (κ3) is 3.16. The molecule has 0 atom stereocenters. The Hall–Kier alpha value is -2.85. The van der Waals surface area contributed by atoms with Crippen LogP contribution in [0.2, 0.25) is 5.02 Å². The Bertz CT molecular complexity index is 969. The van der Waals surface area contributed by atoms with Crippen LogP contribution in [0.15, 0.2) is 60.8 Å². The molecule has 0 saturated carbocycles. The third-order valence-electron chi connectivity index (χ3n) is 4.58. The summed E-state index contributed by atoms with van der Waals surface area (Å²) in [6, 6.07) is 17.3. The molecule has 0 bridgehead atoms. The number of anilines is 3. The highest BCUT2D eigenvalue weighted by atomic mass is 35.5. The van der Waals surface area contributed by atoms with E-state index < -0.39 is 0 Å². The minimum Gasteiger partial charge on any atom is -0.354 e. The standard InChI is InChI=1S/C21H18ClN3O/c1-14-12-16(22)6-8-18(14)24-17-7-9-19(23-13-17)21(26)25-11-10-15-4-2-3-5-20(15)25/h2-9,12-13,24H,10-11H2,1H3. The van der Waals surface area contributed by atoms with E-state index in [1.54, 1.807) is 17.2 Å². The van der Waals surface area contributed by atoms with Gasteiger partial charge in [0.15, 0.2) is 0 Å². The van der Waals surface area contributed by atoms with Crippen molar-refractivity contribution in [3.05, 3.63) is 82.6 Å². The molecule has 2 aromatic carbocycles. The van der Waals surface area contributed by atoms with Crippen LogP contribution in [0.4, 0.5) is 17.1 Å². The first-order valence-corrected chi connectivity index (χ1v) is 8.88. The van der Waals surface area contributed by atoms with Crippen LogP contribution in [0.3, 0.4) is 0 Å². The van der Waals surface area contributed by atoms with Gasteiger partial charge in [-0.2, -0.15) is 0 Å². The molecule has 1 aromatic heterocycles. The molecule has 0 aliphatic carbocycles. The Morgan fingerprint density at radius 3 is 2.77 bits per heavy atom. The second-order valence-electron chi connectivity index (χ2n) is 6.35. The minimum absolute atomic E-state index is 0.0656. The molecule has 0 unspecified atom stereocenters. The number of aryl methyl sites for hydroxylation is 1. The maximum Gasteiger partial charge on any atom is 0.276 e. The number of hydrogen-bond acceptors (Lipinski definition) is 3. The van der Waals surface area contributed by atoms with Gasteiger partial charge in [0.1, 0.15) is 5.69 Å². The molecule has 4 nitrogen and oxygen atoms in total. The van der Waals surface area contributed by atoms with Crippen molar-refractivity contribution in [3.63, 3.8) is 0 Å². The van der Waals surface area contributed by atoms with E-state index in [-0.39, 0.29) is 5.91 Å². The van der Waals surface area contributed by atoms with E-state index in [4.69, 9.17) is 11.6 Å². The number of halogens is 1. The second kappa shape index (κ2) is 6.81. The number of nitrogens with zero attached hydrogens (tertiary/aromatic N) is 2. The molecule has 2 heterocycles. The zero-order valence-electron chi connectivity index (χ0n) is 14.4. The van der Waals surface area contributed by atoms with Gasteiger partial charge in [0, 0.05) is 22.9 Å². The van der Waals surface area contributed by atoms with Crippen LogP contribution < -0.4 is 10.2 Å². The first-order chi connectivity index (χ1) is 12.6. The van der Waals surface area contributed by atoms with Crippen molar-refractivity contribution in [3.8, 4) is 0 Å². The van der Waals surface area contributed by atoms with E-state index in [2.05, 4.69) is 16.4 Å². The van der Waals surface area contributed by atoms with Crippen molar-refractivity contribution >= 4 is 34.6 Å². The van der Waals surface area contributed by atoms with Crippen LogP contribution in [0.5, 0.6) is 0 Å². The Morgan fingerprint density at radius 1 is 1.15 bits per heavy atom. The fourth-order valence-corrected chi connectivity index (χ4v) is 3.43. The van der Waals surface area contributed by atoms with Crippen LogP contribution in [0, 0.1) is 6.92 Å². The van der Waals surface area contributed by atoms with Gasteiger partial charge in [0.05, 0.1) is 11.9 Å². The lowest BCUT2D eigenvalue weighted by Gasteiger charge is -2.17. The minimum atomic E-state index is -0.0656. The molecular weight excluding hydrogens is 346 g/mol. The van der Waals surface area contributed by atoms with E-state index in [9.17, 15) is 4.79 Å². The summed E-state index contributed by atoms with van der Waals surface area (Å²) in [5.74, 6) is -0.0656. The number of hydrogen-bond donors (Lipinski definition) is 1. The number of nitrogens with one attached hydrogen (secondary N) is 1. The van der Waals surface area contributed by atoms with Gasteiger partial charge in [-0.25, -0.2) is 4.98 Å². The molecule has 1 N–H and O–H groups in total. The molecule has 1 amide bonds. The van der Waals surface area contributed by atoms with Crippen molar-refractivity contribution in [1.29, 1.82) is 0 Å². The zero-order valence-corrected chi connectivity index (χ0v) is 15.1. The number of pyridine rings is 1. The zero-order chi connectivity index (χ0) is 18.1. The quantitative estimate of drug-likeness (QED) is 0.713. The summed E-state index contributed by atoms with van der Waals surface area (Å²) in [6.07, 6.45) is 2.57. The lowest BCUT2D eigenvalue weighted by Crippen LogP contribution is -2.29. The van der Waals surface area contributed by atoms with E-state index >= 15 is 0 Å². The van der Waals surface area contributed by atoms with Crippen LogP contribution in [0.1, 0.15) is 21.6 Å². The average molecular weight is 364 g/mol. The van der Waals surface area contributed by atoms with Crippen molar-refractivity contribution in [1.82, 2.24) is 4.98 Å². The van der Waals surface area contributed by atoms with Crippen LogP contribution in [-0.2, 0) is 6.42 Å². The maximum absolute atomic E-state index is 12.8. The number of carbonyl (C=O) groups excluding carboxylic acids is 1. The van der Waals surface area contributed by atoms with Gasteiger partial charge in [-0.3, -0.25) is 4.79 Å². The Balaban J connectivity index is 1.52. The molecule has 0 radical (unpaired) electrons. The number of carbonyl (C=O) groups is 1. The van der Waals surface area contributed by atoms with Crippen LogP contribution in [0.25, 0.3) is 0 Å². The summed E-state index contributed by atoms with van der Waals surface area (Å²) < 4.78 is 0. The number of rotatable bonds is 3. The highest BCUT2D eigenvalue weighted by Gasteiger charge is 2.25. The monoisotopic (exact) mass is 363 g/mol. The smallest absolute Gasteiger partial charge is 0.276 e. The molecule has 0 spiro atoms. The number of para-hydroxylation sites is 1. The lowest BCUT2D eigenvalue weighted by atomic mass is 10.2. The van der Waals surface area contributed by atoms with Gasteiger partial charge in [-0.05, 0) is 60.9 Å². The topological polar surface area (TPSA) is 45.2 Å². The first kappa shape index (κ1) is 16.6. The number of benzene rings is 2. The number of amides is 1. The summed E-state index contributed by atoms with van der Waals surface area (Å²) in [5.41, 5.74) is 5.47. The van der Waals surface area contributed by atoms with Crippen LogP contribution in [-0.4, -0.2) is 17.4 Å². The van der Waals surface area contributed by atoms with Gasteiger partial charge in [-0.15, -0.1) is 0 Å². The number of aromatic nitrogens is 1. The Labute approximate surface area is 157 Å². The van der Waals surface area contributed by atoms with Gasteiger partial charge >= 0.3 is 0 Å². The maximum atomic E-state index is 12.8. The largest absolute Gasteiger partial charge is 0.354 e. The molecule has 1 aliphatic rings. The van der Waals surface area contributed by atoms with Crippen LogP contribution >= 0.6 is 11.6 Å². The van der Waals surface area contributed by atoms with Gasteiger partial charge in [-0.1, -0.05) is 29.8 Å². The van der Waals surface area contributed by atoms with E-state index in [0.717, 1.165) is 29.0 Å². The predicted molar refractivity (Wildman–Crippen MR) is 106 cm³/mol. The van der Waals surface area contributed by atoms with Crippen molar-refractivity contribution in [2.24, 2.45) is 0 Å². The van der Waals surface area contributed by atoms with Gasteiger partial charge in [0.25, 0.3) is 5.91 Å². The molecule has 0 fully saturated rings. The molecule has 5 heteroatoms. The highest BCUT2D eigenvalue weighted by molar-refractivity contribution is 6.30. The Kier molecular flexibility index (Phi) is 4.35. The molecule has 4 rings (SSSR count). The molecule has 3 aromatic rings. The summed E-state index contributed by atoms with van der Waals surface area (Å²) >= 11 is 5.99. The summed E-state index contributed by atoms with van der Waals surface area (Å²) in [6.45, 7) is 2.69. The normalized spacial score (nSPS) is 12.8. The summed E-state index contributed by atoms with van der Waals surface area (Å²) in [4.78, 5) is 19.0. The third-order valence-corrected chi connectivity index (χ3v) is 4.82. The summed E-state index contributed by atoms with van der Waals surface area (Å²) in [7, 11) is 0. The second-order valence-corrected chi connectivity index (χ2v) is 6.79. The van der Waals surface area contributed by atoms with Crippen molar-refractivity contribution < 1.29 is 4.79 Å². The predicted octanol–water partition coefficient (Wildman–Crippen LogP) is 4.99. The van der Waals surface area contributed by atoms with E-state index in [1.165, 1.54) is 5.56 Å². The molecule has 1 aliphatic heterocycles. The average Bonchev–Trinajstić information content (AvgIpc) is 3.08. The van der Waals surface area contributed by atoms with E-state index in [0.29, 0.717) is 17.3 Å². The molecule has 130 valence electrons.